The van der Waals surface area contributed by atoms with E-state index in [-0.39, 0.29) is 12.4 Å². The second-order valence-corrected chi connectivity index (χ2v) is 6.98. The number of aliphatic carboxylic acids is 1. The van der Waals surface area contributed by atoms with E-state index >= 15 is 0 Å². The van der Waals surface area contributed by atoms with Gasteiger partial charge < -0.3 is 15.2 Å². The molecule has 0 radical (unpaired) electrons. The van der Waals surface area contributed by atoms with Crippen molar-refractivity contribution in [3.63, 3.8) is 0 Å². The molecule has 140 valence electrons. The number of carbonyl (C=O) groups is 1. The lowest BCUT2D eigenvalue weighted by Crippen LogP contribution is -2.37. The maximum absolute atomic E-state index is 13.1. The third kappa shape index (κ3) is 6.32. The molecular weight excluding hydrogens is 357 g/mol. The van der Waals surface area contributed by atoms with E-state index in [2.05, 4.69) is 5.32 Å². The van der Waals surface area contributed by atoms with Crippen molar-refractivity contribution in [1.29, 1.82) is 0 Å². The number of carboxylic acids is 1. The van der Waals surface area contributed by atoms with E-state index in [1.54, 1.807) is 6.07 Å². The highest BCUT2D eigenvalue weighted by atomic mass is 35.5. The summed E-state index contributed by atoms with van der Waals surface area (Å²) in [7, 11) is 0. The Morgan fingerprint density at radius 1 is 1.27 bits per heavy atom. The highest BCUT2D eigenvalue weighted by Crippen LogP contribution is 2.21. The summed E-state index contributed by atoms with van der Waals surface area (Å²) in [6.07, 6.45) is 0.564. The number of nitrogens with one attached hydrogen (secondary N) is 1. The van der Waals surface area contributed by atoms with E-state index < -0.39 is 12.0 Å². The standard InChI is InChI=1S/C20H23ClFNO3/c1-13(2)8-19(20(24)25)23-11-14-4-3-5-17(9-14)26-12-15-6-7-16(22)10-18(15)21/h3-7,9-10,13,19,23H,8,11-12H2,1-2H3,(H,24,25). The summed E-state index contributed by atoms with van der Waals surface area (Å²) in [5.74, 6) is -0.308. The molecule has 2 aromatic carbocycles. The molecule has 0 spiro atoms. The Morgan fingerprint density at radius 2 is 2.04 bits per heavy atom. The first kappa shape index (κ1) is 20.2. The average Bonchev–Trinajstić information content (AvgIpc) is 2.57. The first-order valence-electron chi connectivity index (χ1n) is 8.47. The third-order valence-corrected chi connectivity index (χ3v) is 4.22. The SMILES string of the molecule is CC(C)CC(NCc1cccc(OCc2ccc(F)cc2Cl)c1)C(=O)O. The van der Waals surface area contributed by atoms with E-state index in [0.717, 1.165) is 5.56 Å². The first-order valence-corrected chi connectivity index (χ1v) is 8.85. The van der Waals surface area contributed by atoms with E-state index in [4.69, 9.17) is 16.3 Å². The smallest absolute Gasteiger partial charge is 0.320 e. The van der Waals surface area contributed by atoms with Crippen LogP contribution in [0.2, 0.25) is 5.02 Å². The fourth-order valence-electron chi connectivity index (χ4n) is 2.53. The molecule has 26 heavy (non-hydrogen) atoms. The average molecular weight is 380 g/mol. The molecule has 6 heteroatoms. The second kappa shape index (κ2) is 9.55. The molecule has 1 atom stereocenters. The van der Waals surface area contributed by atoms with Crippen molar-refractivity contribution >= 4 is 17.6 Å². The Kier molecular flexibility index (Phi) is 7.42. The maximum atomic E-state index is 13.1. The molecule has 0 saturated heterocycles. The molecule has 0 fully saturated rings. The van der Waals surface area contributed by atoms with Gasteiger partial charge in [-0.3, -0.25) is 4.79 Å². The molecule has 0 bridgehead atoms. The van der Waals surface area contributed by atoms with Crippen molar-refractivity contribution in [3.05, 3.63) is 64.4 Å². The summed E-state index contributed by atoms with van der Waals surface area (Å²) >= 11 is 6.00. The summed E-state index contributed by atoms with van der Waals surface area (Å²) in [4.78, 5) is 11.3. The number of hydrogen-bond donors (Lipinski definition) is 2. The fourth-order valence-corrected chi connectivity index (χ4v) is 2.75. The molecule has 4 nitrogen and oxygen atoms in total. The van der Waals surface area contributed by atoms with Gasteiger partial charge in [0, 0.05) is 12.1 Å². The zero-order valence-corrected chi connectivity index (χ0v) is 15.6. The molecule has 0 heterocycles. The summed E-state index contributed by atoms with van der Waals surface area (Å²) < 4.78 is 18.8. The molecule has 0 aliphatic heterocycles. The van der Waals surface area contributed by atoms with Gasteiger partial charge in [-0.15, -0.1) is 0 Å². The third-order valence-electron chi connectivity index (χ3n) is 3.87. The van der Waals surface area contributed by atoms with Gasteiger partial charge in [-0.25, -0.2) is 4.39 Å². The number of benzene rings is 2. The van der Waals surface area contributed by atoms with Crippen LogP contribution in [0.1, 0.15) is 31.4 Å². The minimum absolute atomic E-state index is 0.223. The predicted molar refractivity (Wildman–Crippen MR) is 99.9 cm³/mol. The molecular formula is C20H23ClFNO3. The van der Waals surface area contributed by atoms with Crippen molar-refractivity contribution in [2.45, 2.75) is 39.5 Å². The largest absolute Gasteiger partial charge is 0.489 e. The highest BCUT2D eigenvalue weighted by Gasteiger charge is 2.18. The maximum Gasteiger partial charge on any atom is 0.320 e. The molecule has 0 aromatic heterocycles. The summed E-state index contributed by atoms with van der Waals surface area (Å²) in [5.41, 5.74) is 1.61. The van der Waals surface area contributed by atoms with Gasteiger partial charge in [-0.2, -0.15) is 0 Å². The quantitative estimate of drug-likeness (QED) is 0.666. The lowest BCUT2D eigenvalue weighted by molar-refractivity contribution is -0.140. The minimum Gasteiger partial charge on any atom is -0.489 e. The van der Waals surface area contributed by atoms with Crippen LogP contribution < -0.4 is 10.1 Å². The van der Waals surface area contributed by atoms with Crippen LogP contribution in [0.25, 0.3) is 0 Å². The van der Waals surface area contributed by atoms with Crippen LogP contribution in [-0.2, 0) is 17.9 Å². The Balaban J connectivity index is 1.95. The van der Waals surface area contributed by atoms with Crippen LogP contribution in [0, 0.1) is 11.7 Å². The lowest BCUT2D eigenvalue weighted by Gasteiger charge is -2.17. The number of rotatable bonds is 9. The Labute approximate surface area is 157 Å². The summed E-state index contributed by atoms with van der Waals surface area (Å²) in [5, 5.41) is 12.7. The normalized spacial score (nSPS) is 12.2. The monoisotopic (exact) mass is 379 g/mol. The van der Waals surface area contributed by atoms with Crippen LogP contribution in [0.4, 0.5) is 4.39 Å². The molecule has 0 aliphatic rings. The highest BCUT2D eigenvalue weighted by molar-refractivity contribution is 6.31. The van der Waals surface area contributed by atoms with E-state index in [1.165, 1.54) is 12.1 Å². The minimum atomic E-state index is -0.850. The van der Waals surface area contributed by atoms with Crippen molar-refractivity contribution in [1.82, 2.24) is 5.32 Å². The van der Waals surface area contributed by atoms with Crippen molar-refractivity contribution in [2.24, 2.45) is 5.92 Å². The summed E-state index contributed by atoms with van der Waals surface area (Å²) in [6, 6.07) is 11.0. The molecule has 2 rings (SSSR count). The topological polar surface area (TPSA) is 58.6 Å². The van der Waals surface area contributed by atoms with Gasteiger partial charge in [0.2, 0.25) is 0 Å². The van der Waals surface area contributed by atoms with Gasteiger partial charge in [-0.05, 0) is 42.2 Å². The van der Waals surface area contributed by atoms with Gasteiger partial charge in [0.1, 0.15) is 24.2 Å². The van der Waals surface area contributed by atoms with Crippen molar-refractivity contribution < 1.29 is 19.0 Å². The number of ether oxygens (including phenoxy) is 1. The molecule has 0 saturated carbocycles. The lowest BCUT2D eigenvalue weighted by atomic mass is 10.0. The van der Waals surface area contributed by atoms with Crippen LogP contribution in [0.5, 0.6) is 5.75 Å². The van der Waals surface area contributed by atoms with E-state index in [1.807, 2.05) is 38.1 Å². The van der Waals surface area contributed by atoms with Gasteiger partial charge in [0.15, 0.2) is 0 Å². The Bertz CT molecular complexity index is 752. The van der Waals surface area contributed by atoms with Crippen LogP contribution >= 0.6 is 11.6 Å². The first-order chi connectivity index (χ1) is 12.3. The number of halogens is 2. The zero-order valence-electron chi connectivity index (χ0n) is 14.8. The predicted octanol–water partition coefficient (Wildman–Crippen LogP) is 4.65. The van der Waals surface area contributed by atoms with Gasteiger partial charge in [0.25, 0.3) is 0 Å². The van der Waals surface area contributed by atoms with Crippen LogP contribution in [0.15, 0.2) is 42.5 Å². The second-order valence-electron chi connectivity index (χ2n) is 6.57. The molecule has 1 unspecified atom stereocenters. The van der Waals surface area contributed by atoms with Gasteiger partial charge in [0.05, 0.1) is 5.02 Å². The van der Waals surface area contributed by atoms with Gasteiger partial charge >= 0.3 is 5.97 Å². The molecule has 2 aromatic rings. The van der Waals surface area contributed by atoms with Crippen LogP contribution in [-0.4, -0.2) is 17.1 Å². The molecule has 0 amide bonds. The number of hydrogen-bond acceptors (Lipinski definition) is 3. The van der Waals surface area contributed by atoms with Crippen molar-refractivity contribution in [3.8, 4) is 5.75 Å². The molecule has 2 N–H and O–H groups in total. The van der Waals surface area contributed by atoms with Gasteiger partial charge in [-0.1, -0.05) is 43.6 Å². The van der Waals surface area contributed by atoms with E-state index in [0.29, 0.717) is 35.2 Å². The van der Waals surface area contributed by atoms with E-state index in [9.17, 15) is 14.3 Å². The fraction of sp³-hybridized carbons (Fsp3) is 0.350. The summed E-state index contributed by atoms with van der Waals surface area (Å²) in [6.45, 7) is 4.64. The Morgan fingerprint density at radius 3 is 2.69 bits per heavy atom. The van der Waals surface area contributed by atoms with Crippen molar-refractivity contribution in [2.75, 3.05) is 0 Å². The zero-order chi connectivity index (χ0) is 19.1. The molecule has 0 aliphatic carbocycles. The van der Waals surface area contributed by atoms with Crippen LogP contribution in [0.3, 0.4) is 0 Å². The Hall–Kier alpha value is -2.11. The number of carboxylic acid groups (broad SMARTS) is 1.